The van der Waals surface area contributed by atoms with Gasteiger partial charge in [-0.05, 0) is 31.4 Å². The van der Waals surface area contributed by atoms with Crippen LogP contribution in [0.25, 0.3) is 0 Å². The minimum atomic E-state index is -0.386. The van der Waals surface area contributed by atoms with E-state index in [0.717, 1.165) is 42.8 Å². The molecule has 0 fully saturated rings. The molecule has 1 N–H and O–H groups in total. The number of hydrogen-bond acceptors (Lipinski definition) is 5. The van der Waals surface area contributed by atoms with E-state index in [4.69, 9.17) is 4.74 Å². The average Bonchev–Trinajstić information content (AvgIpc) is 2.68. The van der Waals surface area contributed by atoms with Crippen molar-refractivity contribution >= 4 is 11.7 Å². The number of rotatable bonds is 5. The molecule has 5 heteroatoms. The van der Waals surface area contributed by atoms with Gasteiger partial charge < -0.3 is 19.5 Å². The molecule has 1 aromatic carbocycles. The van der Waals surface area contributed by atoms with Gasteiger partial charge in [0, 0.05) is 24.3 Å². The van der Waals surface area contributed by atoms with E-state index in [1.165, 1.54) is 7.11 Å². The Kier molecular flexibility index (Phi) is 5.24. The summed E-state index contributed by atoms with van der Waals surface area (Å²) in [6.07, 6.45) is 3.09. The second-order valence-corrected chi connectivity index (χ2v) is 4.79. The number of nitrogens with zero attached hydrogens (tertiary/aromatic N) is 1. The molecule has 1 aliphatic heterocycles. The van der Waals surface area contributed by atoms with E-state index in [2.05, 4.69) is 9.64 Å². The number of ether oxygens (including phenoxy) is 2. The highest BCUT2D eigenvalue weighted by Gasteiger charge is 2.18. The second-order valence-electron chi connectivity index (χ2n) is 4.79. The number of hydrogen-bond donors (Lipinski definition) is 1. The molecule has 0 radical (unpaired) electrons. The first-order valence-corrected chi connectivity index (χ1v) is 6.93. The summed E-state index contributed by atoms with van der Waals surface area (Å²) in [6, 6.07) is 5.84. The molecule has 0 aromatic heterocycles. The molecule has 0 saturated carbocycles. The Morgan fingerprint density at radius 3 is 3.00 bits per heavy atom. The van der Waals surface area contributed by atoms with Crippen molar-refractivity contribution in [2.24, 2.45) is 0 Å². The van der Waals surface area contributed by atoms with Gasteiger partial charge in [0.2, 0.25) is 0 Å². The van der Waals surface area contributed by atoms with E-state index >= 15 is 0 Å². The van der Waals surface area contributed by atoms with E-state index in [1.807, 2.05) is 18.2 Å². The molecule has 0 saturated heterocycles. The van der Waals surface area contributed by atoms with E-state index < -0.39 is 0 Å². The minimum Gasteiger partial charge on any atom is -0.482 e. The van der Waals surface area contributed by atoms with Gasteiger partial charge in [0.1, 0.15) is 5.75 Å². The van der Waals surface area contributed by atoms with Crippen LogP contribution in [-0.2, 0) is 16.0 Å². The fraction of sp³-hybridized carbons (Fsp3) is 0.533. The average molecular weight is 279 g/mol. The van der Waals surface area contributed by atoms with Crippen molar-refractivity contribution in [3.05, 3.63) is 23.8 Å². The highest BCUT2D eigenvalue weighted by Crippen LogP contribution is 2.33. The Morgan fingerprint density at radius 2 is 2.25 bits per heavy atom. The smallest absolute Gasteiger partial charge is 0.343 e. The number of carbonyl (C=O) groups excluding carboxylic acids is 1. The van der Waals surface area contributed by atoms with Crippen molar-refractivity contribution in [2.45, 2.75) is 19.3 Å². The summed E-state index contributed by atoms with van der Waals surface area (Å²) in [6.45, 7) is 1.61. The normalized spacial score (nSPS) is 14.4. The standard InChI is InChI=1S/C15H21NO4/c1-19-15(18)11-20-14-7-4-6-13-12(14)5-2-3-8-16(13)9-10-17/h4,6-7,17H,2-3,5,8-11H2,1H3. The van der Waals surface area contributed by atoms with Crippen molar-refractivity contribution in [2.75, 3.05) is 38.3 Å². The molecular formula is C15H21NO4. The molecule has 0 bridgehead atoms. The van der Waals surface area contributed by atoms with Gasteiger partial charge in [-0.1, -0.05) is 6.07 Å². The molecule has 0 amide bonds. The van der Waals surface area contributed by atoms with Gasteiger partial charge in [0.05, 0.1) is 13.7 Å². The molecule has 1 aromatic rings. The fourth-order valence-electron chi connectivity index (χ4n) is 2.51. The van der Waals surface area contributed by atoms with Crippen LogP contribution in [0.5, 0.6) is 5.75 Å². The third kappa shape index (κ3) is 3.42. The number of β-amino-alcohol motifs (C(OH)–C–C–N with tert-alkyl or cyclic N) is 1. The number of methoxy groups -OCH3 is 1. The first-order chi connectivity index (χ1) is 9.76. The molecular weight excluding hydrogens is 258 g/mol. The zero-order chi connectivity index (χ0) is 14.4. The lowest BCUT2D eigenvalue weighted by Crippen LogP contribution is -2.27. The van der Waals surface area contributed by atoms with Crippen LogP contribution >= 0.6 is 0 Å². The van der Waals surface area contributed by atoms with Crippen molar-refractivity contribution < 1.29 is 19.4 Å². The van der Waals surface area contributed by atoms with Gasteiger partial charge in [-0.25, -0.2) is 4.79 Å². The van der Waals surface area contributed by atoms with E-state index in [9.17, 15) is 9.90 Å². The molecule has 1 aliphatic rings. The number of fused-ring (bicyclic) bond motifs is 1. The Hall–Kier alpha value is -1.75. The first kappa shape index (κ1) is 14.7. The SMILES string of the molecule is COC(=O)COc1cccc2c1CCCCN2CCO. The lowest BCUT2D eigenvalue weighted by atomic mass is 10.1. The van der Waals surface area contributed by atoms with Crippen LogP contribution in [-0.4, -0.2) is 44.5 Å². The largest absolute Gasteiger partial charge is 0.482 e. The summed E-state index contributed by atoms with van der Waals surface area (Å²) in [5.74, 6) is 0.348. The van der Waals surface area contributed by atoms with Crippen molar-refractivity contribution in [3.63, 3.8) is 0 Å². The Balaban J connectivity index is 2.22. The predicted octanol–water partition coefficient (Wildman–Crippen LogP) is 1.37. The molecule has 1 heterocycles. The number of carbonyl (C=O) groups is 1. The lowest BCUT2D eigenvalue weighted by molar-refractivity contribution is -0.142. The van der Waals surface area contributed by atoms with Gasteiger partial charge in [-0.15, -0.1) is 0 Å². The van der Waals surface area contributed by atoms with Crippen LogP contribution in [0.2, 0.25) is 0 Å². The van der Waals surface area contributed by atoms with Crippen LogP contribution in [0.3, 0.4) is 0 Å². The molecule has 20 heavy (non-hydrogen) atoms. The van der Waals surface area contributed by atoms with Gasteiger partial charge in [-0.2, -0.15) is 0 Å². The van der Waals surface area contributed by atoms with E-state index in [1.54, 1.807) is 0 Å². The number of anilines is 1. The summed E-state index contributed by atoms with van der Waals surface area (Å²) in [5.41, 5.74) is 2.21. The summed E-state index contributed by atoms with van der Waals surface area (Å²) < 4.78 is 10.2. The number of esters is 1. The number of benzene rings is 1. The Morgan fingerprint density at radius 1 is 1.40 bits per heavy atom. The maximum atomic E-state index is 11.2. The Bertz CT molecular complexity index is 461. The zero-order valence-corrected chi connectivity index (χ0v) is 11.8. The topological polar surface area (TPSA) is 59.0 Å². The molecule has 0 spiro atoms. The Labute approximate surface area is 119 Å². The first-order valence-electron chi connectivity index (χ1n) is 6.93. The van der Waals surface area contributed by atoms with Crippen LogP contribution in [0, 0.1) is 0 Å². The van der Waals surface area contributed by atoms with Crippen molar-refractivity contribution in [3.8, 4) is 5.75 Å². The summed E-state index contributed by atoms with van der Waals surface area (Å²) >= 11 is 0. The molecule has 2 rings (SSSR count). The second kappa shape index (κ2) is 7.14. The molecule has 5 nitrogen and oxygen atoms in total. The lowest BCUT2D eigenvalue weighted by Gasteiger charge is -2.25. The van der Waals surface area contributed by atoms with Gasteiger partial charge in [0.15, 0.2) is 6.61 Å². The molecule has 110 valence electrons. The van der Waals surface area contributed by atoms with Gasteiger partial charge >= 0.3 is 5.97 Å². The summed E-state index contributed by atoms with van der Waals surface area (Å²) in [5, 5.41) is 9.18. The highest BCUT2D eigenvalue weighted by molar-refractivity contribution is 5.71. The third-order valence-electron chi connectivity index (χ3n) is 3.50. The van der Waals surface area contributed by atoms with Gasteiger partial charge in [-0.3, -0.25) is 0 Å². The molecule has 0 atom stereocenters. The zero-order valence-electron chi connectivity index (χ0n) is 11.8. The van der Waals surface area contributed by atoms with Crippen LogP contribution < -0.4 is 9.64 Å². The maximum absolute atomic E-state index is 11.2. The third-order valence-corrected chi connectivity index (χ3v) is 3.50. The predicted molar refractivity (Wildman–Crippen MR) is 76.2 cm³/mol. The molecule has 0 unspecified atom stereocenters. The number of aliphatic hydroxyl groups excluding tert-OH is 1. The highest BCUT2D eigenvalue weighted by atomic mass is 16.6. The van der Waals surface area contributed by atoms with Crippen LogP contribution in [0.4, 0.5) is 5.69 Å². The van der Waals surface area contributed by atoms with E-state index in [0.29, 0.717) is 6.54 Å². The maximum Gasteiger partial charge on any atom is 0.343 e. The summed E-state index contributed by atoms with van der Waals surface area (Å²) in [4.78, 5) is 13.4. The summed E-state index contributed by atoms with van der Waals surface area (Å²) in [7, 11) is 1.35. The van der Waals surface area contributed by atoms with Gasteiger partial charge in [0.25, 0.3) is 0 Å². The number of aliphatic hydroxyl groups is 1. The minimum absolute atomic E-state index is 0.0764. The van der Waals surface area contributed by atoms with E-state index in [-0.39, 0.29) is 19.2 Å². The molecule has 0 aliphatic carbocycles. The van der Waals surface area contributed by atoms with Crippen LogP contribution in [0.15, 0.2) is 18.2 Å². The quantitative estimate of drug-likeness (QED) is 0.825. The van der Waals surface area contributed by atoms with Crippen LogP contribution in [0.1, 0.15) is 18.4 Å². The monoisotopic (exact) mass is 279 g/mol. The van der Waals surface area contributed by atoms with Crippen molar-refractivity contribution in [1.82, 2.24) is 0 Å². The fourth-order valence-corrected chi connectivity index (χ4v) is 2.51. The van der Waals surface area contributed by atoms with Crippen molar-refractivity contribution in [1.29, 1.82) is 0 Å².